The van der Waals surface area contributed by atoms with Crippen LogP contribution in [0, 0.1) is 0 Å². The van der Waals surface area contributed by atoms with Gasteiger partial charge in [0.25, 0.3) is 5.91 Å². The monoisotopic (exact) mass is 328 g/mol. The average molecular weight is 328 g/mol. The number of amides is 1. The van der Waals surface area contributed by atoms with Gasteiger partial charge in [0.1, 0.15) is 17.1 Å². The van der Waals surface area contributed by atoms with E-state index in [0.717, 1.165) is 25.7 Å². The number of carbonyl (C=O) groups is 2. The van der Waals surface area contributed by atoms with Crippen LogP contribution in [0.2, 0.25) is 0 Å². The number of nitrogens with two attached hydrogens (primary N) is 2. The van der Waals surface area contributed by atoms with E-state index in [2.05, 4.69) is 5.10 Å². The number of aliphatic carboxylic acids is 1. The number of rotatable bonds is 5. The fourth-order valence-corrected chi connectivity index (χ4v) is 3.27. The van der Waals surface area contributed by atoms with Crippen molar-refractivity contribution in [1.82, 2.24) is 9.78 Å². The van der Waals surface area contributed by atoms with Crippen molar-refractivity contribution in [2.45, 2.75) is 38.1 Å². The van der Waals surface area contributed by atoms with Gasteiger partial charge in [0.05, 0.1) is 12.5 Å². The van der Waals surface area contributed by atoms with Gasteiger partial charge in [0.15, 0.2) is 0 Å². The molecule has 0 aliphatic heterocycles. The molecule has 7 nitrogen and oxygen atoms in total. The summed E-state index contributed by atoms with van der Waals surface area (Å²) in [6.45, 7) is 0. The lowest BCUT2D eigenvalue weighted by atomic mass is 10.0. The molecule has 1 aliphatic carbocycles. The molecule has 1 amide bonds. The molecule has 3 rings (SSSR count). The summed E-state index contributed by atoms with van der Waals surface area (Å²) in [5, 5.41) is 13.4. The van der Waals surface area contributed by atoms with Crippen LogP contribution < -0.4 is 11.5 Å². The van der Waals surface area contributed by atoms with Crippen LogP contribution in [0.5, 0.6) is 0 Å². The molecule has 126 valence electrons. The Bertz CT molecular complexity index is 774. The number of nitrogen functional groups attached to an aromatic ring is 1. The minimum atomic E-state index is -0.893. The maximum Gasteiger partial charge on any atom is 0.307 e. The van der Waals surface area contributed by atoms with Crippen LogP contribution in [0.25, 0.3) is 11.3 Å². The van der Waals surface area contributed by atoms with E-state index >= 15 is 0 Å². The van der Waals surface area contributed by atoms with E-state index in [1.165, 1.54) is 0 Å². The van der Waals surface area contributed by atoms with Crippen molar-refractivity contribution in [2.24, 2.45) is 5.73 Å². The Labute approximate surface area is 139 Å². The zero-order chi connectivity index (χ0) is 17.3. The summed E-state index contributed by atoms with van der Waals surface area (Å²) in [5.41, 5.74) is 13.7. The van der Waals surface area contributed by atoms with Crippen molar-refractivity contribution >= 4 is 17.7 Å². The maximum absolute atomic E-state index is 11.9. The highest BCUT2D eigenvalue weighted by molar-refractivity contribution is 6.03. The molecule has 1 aromatic carbocycles. The van der Waals surface area contributed by atoms with E-state index < -0.39 is 11.9 Å². The Kier molecular flexibility index (Phi) is 4.24. The largest absolute Gasteiger partial charge is 0.481 e. The van der Waals surface area contributed by atoms with Crippen molar-refractivity contribution in [2.75, 3.05) is 5.73 Å². The molecule has 1 saturated carbocycles. The molecule has 1 fully saturated rings. The van der Waals surface area contributed by atoms with Crippen LogP contribution in [0.3, 0.4) is 0 Å². The number of carboxylic acids is 1. The van der Waals surface area contributed by atoms with Crippen molar-refractivity contribution in [3.8, 4) is 11.3 Å². The first kappa shape index (κ1) is 16.0. The number of aromatic nitrogens is 2. The average Bonchev–Trinajstić information content (AvgIpc) is 3.14. The molecule has 1 aliphatic rings. The summed E-state index contributed by atoms with van der Waals surface area (Å²) < 4.78 is 1.72. The zero-order valence-electron chi connectivity index (χ0n) is 13.2. The van der Waals surface area contributed by atoms with E-state index in [0.29, 0.717) is 22.6 Å². The second-order valence-corrected chi connectivity index (χ2v) is 6.12. The van der Waals surface area contributed by atoms with Crippen molar-refractivity contribution < 1.29 is 14.7 Å². The molecule has 0 spiro atoms. The first-order chi connectivity index (χ1) is 11.5. The number of anilines is 1. The predicted octanol–water partition coefficient (Wildman–Crippen LogP) is 1.97. The molecule has 24 heavy (non-hydrogen) atoms. The summed E-state index contributed by atoms with van der Waals surface area (Å²) >= 11 is 0. The van der Waals surface area contributed by atoms with Crippen LogP contribution >= 0.6 is 0 Å². The van der Waals surface area contributed by atoms with Crippen LogP contribution in [0.1, 0.15) is 47.6 Å². The highest BCUT2D eigenvalue weighted by Gasteiger charge is 2.27. The van der Waals surface area contributed by atoms with E-state index in [1.807, 2.05) is 0 Å². The molecular weight excluding hydrogens is 308 g/mol. The molecular formula is C17H20N4O3. The van der Waals surface area contributed by atoms with Gasteiger partial charge in [-0.3, -0.25) is 9.59 Å². The number of benzene rings is 1. The zero-order valence-corrected chi connectivity index (χ0v) is 13.2. The van der Waals surface area contributed by atoms with Gasteiger partial charge in [0, 0.05) is 5.56 Å². The fraction of sp³-hybridized carbons (Fsp3) is 0.353. The van der Waals surface area contributed by atoms with E-state index in [4.69, 9.17) is 16.6 Å². The number of hydrogen-bond donors (Lipinski definition) is 3. The van der Waals surface area contributed by atoms with Crippen LogP contribution in [0.4, 0.5) is 5.82 Å². The molecule has 2 aromatic rings. The molecule has 0 saturated heterocycles. The Balaban J connectivity index is 2.01. The normalized spacial score (nSPS) is 14.8. The Hall–Kier alpha value is -2.83. The van der Waals surface area contributed by atoms with Crippen molar-refractivity contribution in [3.63, 3.8) is 0 Å². The third kappa shape index (κ3) is 2.97. The van der Waals surface area contributed by atoms with E-state index in [1.54, 1.807) is 28.9 Å². The SMILES string of the molecule is NC(=O)c1c(-c2ccc(CC(=O)O)cc2)nn(C2CCCC2)c1N. The third-order valence-corrected chi connectivity index (χ3v) is 4.45. The number of carbonyl (C=O) groups excluding carboxylic acids is 1. The highest BCUT2D eigenvalue weighted by Crippen LogP contribution is 2.35. The number of primary amides is 1. The van der Waals surface area contributed by atoms with Gasteiger partial charge in [-0.2, -0.15) is 5.10 Å². The quantitative estimate of drug-likeness (QED) is 0.774. The summed E-state index contributed by atoms with van der Waals surface area (Å²) in [5.74, 6) is -1.20. The van der Waals surface area contributed by atoms with E-state index in [-0.39, 0.29) is 18.0 Å². The van der Waals surface area contributed by atoms with Crippen LogP contribution in [-0.4, -0.2) is 26.8 Å². The van der Waals surface area contributed by atoms with Crippen LogP contribution in [-0.2, 0) is 11.2 Å². The lowest BCUT2D eigenvalue weighted by Gasteiger charge is -2.11. The van der Waals surface area contributed by atoms with Gasteiger partial charge < -0.3 is 16.6 Å². The third-order valence-electron chi connectivity index (χ3n) is 4.45. The smallest absolute Gasteiger partial charge is 0.307 e. The predicted molar refractivity (Wildman–Crippen MR) is 89.4 cm³/mol. The standard InChI is InChI=1S/C17H20N4O3/c18-16-14(17(19)24)15(20-21(16)12-3-1-2-4-12)11-7-5-10(6-8-11)9-13(22)23/h5-8,12H,1-4,9,18H2,(H2,19,24)(H,22,23). The second-order valence-electron chi connectivity index (χ2n) is 6.12. The van der Waals surface area contributed by atoms with Gasteiger partial charge in [-0.25, -0.2) is 4.68 Å². The minimum Gasteiger partial charge on any atom is -0.481 e. The molecule has 0 radical (unpaired) electrons. The van der Waals surface area contributed by atoms with Crippen LogP contribution in [0.15, 0.2) is 24.3 Å². The Morgan fingerprint density at radius 2 is 1.83 bits per heavy atom. The first-order valence-electron chi connectivity index (χ1n) is 7.96. The summed E-state index contributed by atoms with van der Waals surface area (Å²) in [6.07, 6.45) is 4.16. The lowest BCUT2D eigenvalue weighted by molar-refractivity contribution is -0.136. The Morgan fingerprint density at radius 3 is 2.38 bits per heavy atom. The number of hydrogen-bond acceptors (Lipinski definition) is 4. The maximum atomic E-state index is 11.9. The molecule has 1 aromatic heterocycles. The molecule has 0 unspecified atom stereocenters. The highest BCUT2D eigenvalue weighted by atomic mass is 16.4. The van der Waals surface area contributed by atoms with Gasteiger partial charge in [-0.1, -0.05) is 37.1 Å². The molecule has 7 heteroatoms. The molecule has 5 N–H and O–H groups in total. The summed E-state index contributed by atoms with van der Waals surface area (Å²) in [7, 11) is 0. The van der Waals surface area contributed by atoms with Crippen molar-refractivity contribution in [3.05, 3.63) is 35.4 Å². The van der Waals surface area contributed by atoms with E-state index in [9.17, 15) is 9.59 Å². The van der Waals surface area contributed by atoms with Gasteiger partial charge in [-0.05, 0) is 18.4 Å². The number of nitrogens with zero attached hydrogens (tertiary/aromatic N) is 2. The van der Waals surface area contributed by atoms with Gasteiger partial charge >= 0.3 is 5.97 Å². The topological polar surface area (TPSA) is 124 Å². The van der Waals surface area contributed by atoms with Gasteiger partial charge in [0.2, 0.25) is 0 Å². The summed E-state index contributed by atoms with van der Waals surface area (Å²) in [4.78, 5) is 22.6. The Morgan fingerprint density at radius 1 is 1.21 bits per heavy atom. The molecule has 0 atom stereocenters. The minimum absolute atomic E-state index is 0.0540. The molecule has 1 heterocycles. The van der Waals surface area contributed by atoms with Crippen molar-refractivity contribution in [1.29, 1.82) is 0 Å². The lowest BCUT2D eigenvalue weighted by Crippen LogP contribution is -2.15. The number of carboxylic acid groups (broad SMARTS) is 1. The first-order valence-corrected chi connectivity index (χ1v) is 7.96. The van der Waals surface area contributed by atoms with Gasteiger partial charge in [-0.15, -0.1) is 0 Å². The second kappa shape index (κ2) is 6.35. The fourth-order valence-electron chi connectivity index (χ4n) is 3.27. The summed E-state index contributed by atoms with van der Waals surface area (Å²) in [6, 6.07) is 7.10. The molecule has 0 bridgehead atoms.